The standard InChI is InChI=1S/C37H56O10Si/c1-26(44-24-27-16-18-29(41-5)19-17-27)12-10-14-31(38)35-32(46-37(2,3)47-35)15-11-13-28-22-30(42-6)23-33(45-25-40-4)34(28)36(39)43-20-21-48(7,8)9/h10,14,16-19,22-23,26,31-32,35,38H,11-13,15,20-21,24-25H2,1-9H3/t26-,31?,32-,35+/m0/s1. The van der Waals surface area contributed by atoms with E-state index in [1.807, 2.05) is 57.2 Å². The SMILES string of the molecule is COCOc1cc(OC)cc(CCC[C@@H]2OC(C)(C)O[C@@H]2C(O)C=CC[C@H](C)OCc2ccc(OC)cc2)c1C(=O)OCC[Si](C)(C)C. The lowest BCUT2D eigenvalue weighted by Gasteiger charge is -2.21. The first-order chi connectivity index (χ1) is 22.7. The Bertz CT molecular complexity index is 1300. The minimum absolute atomic E-state index is 0.0230. The van der Waals surface area contributed by atoms with E-state index in [2.05, 4.69) is 19.6 Å². The number of rotatable bonds is 20. The Kier molecular flexibility index (Phi) is 15.4. The van der Waals surface area contributed by atoms with Gasteiger partial charge in [-0.05, 0) is 81.8 Å². The van der Waals surface area contributed by atoms with Gasteiger partial charge < -0.3 is 43.0 Å². The van der Waals surface area contributed by atoms with Crippen LogP contribution >= 0.6 is 0 Å². The van der Waals surface area contributed by atoms with Gasteiger partial charge in [0, 0.05) is 21.3 Å². The minimum Gasteiger partial charge on any atom is -0.497 e. The van der Waals surface area contributed by atoms with Crippen LogP contribution in [0.2, 0.25) is 25.7 Å². The molecule has 0 radical (unpaired) electrons. The van der Waals surface area contributed by atoms with Gasteiger partial charge in [-0.25, -0.2) is 4.79 Å². The van der Waals surface area contributed by atoms with E-state index >= 15 is 0 Å². The van der Waals surface area contributed by atoms with Crippen molar-refractivity contribution in [1.29, 1.82) is 0 Å². The Labute approximate surface area is 287 Å². The molecule has 4 atom stereocenters. The predicted octanol–water partition coefficient (Wildman–Crippen LogP) is 6.94. The number of aryl methyl sites for hydroxylation is 1. The number of aliphatic hydroxyl groups is 1. The fourth-order valence-electron chi connectivity index (χ4n) is 5.37. The second kappa shape index (κ2) is 18.7. The molecule has 3 rings (SSSR count). The molecule has 11 heteroatoms. The second-order valence-corrected chi connectivity index (χ2v) is 19.4. The van der Waals surface area contributed by atoms with E-state index in [-0.39, 0.29) is 19.0 Å². The van der Waals surface area contributed by atoms with Gasteiger partial charge in [0.25, 0.3) is 0 Å². The quantitative estimate of drug-likeness (QED) is 0.0680. The summed E-state index contributed by atoms with van der Waals surface area (Å²) in [6.45, 7) is 13.2. The number of ether oxygens (including phenoxy) is 8. The molecule has 1 aliphatic rings. The molecular weight excluding hydrogens is 632 g/mol. The van der Waals surface area contributed by atoms with Gasteiger partial charge in [0.15, 0.2) is 12.6 Å². The third-order valence-corrected chi connectivity index (χ3v) is 9.71. The zero-order chi connectivity index (χ0) is 35.3. The third-order valence-electron chi connectivity index (χ3n) is 8.00. The number of hydrogen-bond donors (Lipinski definition) is 1. The van der Waals surface area contributed by atoms with Gasteiger partial charge in [-0.15, -0.1) is 0 Å². The summed E-state index contributed by atoms with van der Waals surface area (Å²) in [4.78, 5) is 13.4. The van der Waals surface area contributed by atoms with E-state index in [0.29, 0.717) is 56.0 Å². The van der Waals surface area contributed by atoms with Gasteiger partial charge in [-0.2, -0.15) is 0 Å². The van der Waals surface area contributed by atoms with Crippen molar-refractivity contribution in [1.82, 2.24) is 0 Å². The van der Waals surface area contributed by atoms with Gasteiger partial charge in [-0.1, -0.05) is 43.9 Å². The molecular formula is C37H56O10Si. The van der Waals surface area contributed by atoms with Crippen LogP contribution in [0, 0.1) is 0 Å². The van der Waals surface area contributed by atoms with Gasteiger partial charge in [0.2, 0.25) is 0 Å². The molecule has 0 bridgehead atoms. The molecule has 0 spiro atoms. The fourth-order valence-corrected chi connectivity index (χ4v) is 6.08. The molecule has 1 aliphatic heterocycles. The van der Waals surface area contributed by atoms with Crippen LogP contribution < -0.4 is 14.2 Å². The molecule has 1 N–H and O–H groups in total. The number of benzene rings is 2. The highest BCUT2D eigenvalue weighted by molar-refractivity contribution is 6.76. The lowest BCUT2D eigenvalue weighted by atomic mass is 9.96. The maximum Gasteiger partial charge on any atom is 0.342 e. The van der Waals surface area contributed by atoms with Crippen molar-refractivity contribution in [2.45, 2.75) is 109 Å². The van der Waals surface area contributed by atoms with Crippen molar-refractivity contribution >= 4 is 14.0 Å². The van der Waals surface area contributed by atoms with E-state index in [1.165, 1.54) is 7.11 Å². The van der Waals surface area contributed by atoms with Gasteiger partial charge >= 0.3 is 5.97 Å². The van der Waals surface area contributed by atoms with Crippen molar-refractivity contribution in [2.75, 3.05) is 34.7 Å². The molecule has 268 valence electrons. The zero-order valence-corrected chi connectivity index (χ0v) is 31.2. The van der Waals surface area contributed by atoms with E-state index < -0.39 is 32.0 Å². The van der Waals surface area contributed by atoms with Crippen LogP contribution in [0.3, 0.4) is 0 Å². The molecule has 48 heavy (non-hydrogen) atoms. The highest BCUT2D eigenvalue weighted by Gasteiger charge is 2.43. The highest BCUT2D eigenvalue weighted by atomic mass is 28.3. The van der Waals surface area contributed by atoms with Crippen molar-refractivity contribution < 1.29 is 47.8 Å². The summed E-state index contributed by atoms with van der Waals surface area (Å²) in [5.74, 6) is 0.451. The minimum atomic E-state index is -1.40. The van der Waals surface area contributed by atoms with Crippen LogP contribution in [0.1, 0.15) is 61.5 Å². The highest BCUT2D eigenvalue weighted by Crippen LogP contribution is 2.35. The molecule has 0 amide bonds. The van der Waals surface area contributed by atoms with Gasteiger partial charge in [0.05, 0.1) is 39.6 Å². The monoisotopic (exact) mass is 688 g/mol. The summed E-state index contributed by atoms with van der Waals surface area (Å²) < 4.78 is 45.8. The first kappa shape index (κ1) is 39.5. The normalized spacial score (nSPS) is 18.9. The Morgan fingerprint density at radius 2 is 1.75 bits per heavy atom. The molecule has 1 unspecified atom stereocenters. The number of hydrogen-bond acceptors (Lipinski definition) is 10. The number of aliphatic hydroxyl groups excluding tert-OH is 1. The zero-order valence-electron chi connectivity index (χ0n) is 30.2. The molecule has 2 aromatic carbocycles. The maximum absolute atomic E-state index is 13.4. The average molecular weight is 689 g/mol. The molecule has 1 saturated heterocycles. The van der Waals surface area contributed by atoms with Crippen LogP contribution in [-0.2, 0) is 36.7 Å². The van der Waals surface area contributed by atoms with Crippen molar-refractivity contribution in [3.63, 3.8) is 0 Å². The van der Waals surface area contributed by atoms with Gasteiger partial charge in [0.1, 0.15) is 35.0 Å². The van der Waals surface area contributed by atoms with Crippen molar-refractivity contribution in [2.24, 2.45) is 0 Å². The fraction of sp³-hybridized carbons (Fsp3) is 0.595. The number of carbonyl (C=O) groups is 1. The molecule has 1 fully saturated rings. The summed E-state index contributed by atoms with van der Waals surface area (Å²) in [6.07, 6.45) is 4.27. The van der Waals surface area contributed by atoms with E-state index in [0.717, 1.165) is 22.9 Å². The molecule has 0 aliphatic carbocycles. The van der Waals surface area contributed by atoms with Crippen LogP contribution in [0.5, 0.6) is 17.2 Å². The molecule has 0 aromatic heterocycles. The largest absolute Gasteiger partial charge is 0.497 e. The lowest BCUT2D eigenvalue weighted by Crippen LogP contribution is -2.34. The summed E-state index contributed by atoms with van der Waals surface area (Å²) in [7, 11) is 3.35. The predicted molar refractivity (Wildman–Crippen MR) is 188 cm³/mol. The first-order valence-corrected chi connectivity index (χ1v) is 20.4. The summed E-state index contributed by atoms with van der Waals surface area (Å²) in [6, 6.07) is 12.2. The van der Waals surface area contributed by atoms with Crippen LogP contribution in [0.4, 0.5) is 0 Å². The lowest BCUT2D eigenvalue weighted by molar-refractivity contribution is -0.152. The Morgan fingerprint density at radius 1 is 1.04 bits per heavy atom. The van der Waals surface area contributed by atoms with Crippen molar-refractivity contribution in [3.8, 4) is 17.2 Å². The first-order valence-electron chi connectivity index (χ1n) is 16.7. The molecule has 10 nitrogen and oxygen atoms in total. The summed E-state index contributed by atoms with van der Waals surface area (Å²) in [5.41, 5.74) is 2.18. The van der Waals surface area contributed by atoms with Crippen LogP contribution in [0.25, 0.3) is 0 Å². The van der Waals surface area contributed by atoms with Crippen LogP contribution in [0.15, 0.2) is 48.6 Å². The summed E-state index contributed by atoms with van der Waals surface area (Å²) >= 11 is 0. The topological polar surface area (TPSA) is 111 Å². The molecule has 2 aromatic rings. The maximum atomic E-state index is 13.4. The number of carbonyl (C=O) groups excluding carboxylic acids is 1. The van der Waals surface area contributed by atoms with Gasteiger partial charge in [-0.3, -0.25) is 0 Å². The van der Waals surface area contributed by atoms with Crippen LogP contribution in [-0.4, -0.2) is 84.1 Å². The smallest absolute Gasteiger partial charge is 0.342 e. The van der Waals surface area contributed by atoms with E-state index in [4.69, 9.17) is 37.9 Å². The summed E-state index contributed by atoms with van der Waals surface area (Å²) in [5, 5.41) is 11.1. The Morgan fingerprint density at radius 3 is 2.40 bits per heavy atom. The molecule has 1 heterocycles. The van der Waals surface area contributed by atoms with Crippen molar-refractivity contribution in [3.05, 3.63) is 65.2 Å². The van der Waals surface area contributed by atoms with E-state index in [9.17, 15) is 9.90 Å². The number of methoxy groups -OCH3 is 3. The second-order valence-electron chi connectivity index (χ2n) is 13.8. The van der Waals surface area contributed by atoms with E-state index in [1.54, 1.807) is 26.4 Å². The third kappa shape index (κ3) is 12.8. The Hall–Kier alpha value is -2.93. The average Bonchev–Trinajstić information content (AvgIpc) is 3.35. The Balaban J connectivity index is 1.64. The number of esters is 1. The molecule has 0 saturated carbocycles.